The molecule has 2 aliphatic rings. The number of hydrogen-bond donors (Lipinski definition) is 1. The van der Waals surface area contributed by atoms with Gasteiger partial charge in [-0.2, -0.15) is 0 Å². The molecule has 4 heteroatoms. The van der Waals surface area contributed by atoms with Crippen LogP contribution in [0.1, 0.15) is 19.8 Å². The minimum absolute atomic E-state index is 0.0949. The van der Waals surface area contributed by atoms with Gasteiger partial charge in [-0.25, -0.2) is 4.79 Å². The lowest BCUT2D eigenvalue weighted by Crippen LogP contribution is -2.50. The molecule has 2 fully saturated rings. The minimum Gasteiger partial charge on any atom is -0.449 e. The van der Waals surface area contributed by atoms with Crippen LogP contribution in [0.15, 0.2) is 0 Å². The van der Waals surface area contributed by atoms with E-state index >= 15 is 0 Å². The highest BCUT2D eigenvalue weighted by Crippen LogP contribution is 2.35. The monoisotopic (exact) mass is 199 g/mol. The number of cyclic esters (lactones) is 1. The molecule has 4 nitrogen and oxygen atoms in total. The predicted molar refractivity (Wildman–Crippen MR) is 51.0 cm³/mol. The average molecular weight is 199 g/mol. The third-order valence-corrected chi connectivity index (χ3v) is 3.38. The smallest absolute Gasteiger partial charge is 0.407 e. The summed E-state index contributed by atoms with van der Waals surface area (Å²) < 4.78 is 10.4. The van der Waals surface area contributed by atoms with Gasteiger partial charge in [0.05, 0.1) is 0 Å². The second-order valence-corrected chi connectivity index (χ2v) is 4.47. The van der Waals surface area contributed by atoms with Crippen LogP contribution in [0.5, 0.6) is 0 Å². The number of amides is 1. The van der Waals surface area contributed by atoms with Crippen LogP contribution < -0.4 is 5.32 Å². The summed E-state index contributed by atoms with van der Waals surface area (Å²) in [6, 6.07) is 0. The Morgan fingerprint density at radius 2 is 2.14 bits per heavy atom. The fourth-order valence-corrected chi connectivity index (χ4v) is 2.26. The van der Waals surface area contributed by atoms with Gasteiger partial charge in [-0.3, -0.25) is 0 Å². The van der Waals surface area contributed by atoms with E-state index in [1.54, 1.807) is 0 Å². The number of carbonyl (C=O) groups excluding carboxylic acids is 1. The van der Waals surface area contributed by atoms with Gasteiger partial charge in [0.25, 0.3) is 0 Å². The van der Waals surface area contributed by atoms with Crippen LogP contribution in [-0.2, 0) is 9.47 Å². The van der Waals surface area contributed by atoms with Gasteiger partial charge in [-0.1, -0.05) is 6.92 Å². The van der Waals surface area contributed by atoms with E-state index < -0.39 is 0 Å². The zero-order chi connectivity index (χ0) is 10.0. The third-order valence-electron chi connectivity index (χ3n) is 3.38. The van der Waals surface area contributed by atoms with E-state index in [4.69, 9.17) is 9.47 Å². The molecule has 0 radical (unpaired) electrons. The van der Waals surface area contributed by atoms with Gasteiger partial charge in [0.1, 0.15) is 6.61 Å². The molecule has 0 aromatic rings. The summed E-state index contributed by atoms with van der Waals surface area (Å²) in [6.07, 6.45) is 1.88. The van der Waals surface area contributed by atoms with Crippen LogP contribution in [0.25, 0.3) is 0 Å². The highest BCUT2D eigenvalue weighted by atomic mass is 16.6. The van der Waals surface area contributed by atoms with Crippen LogP contribution in [0.3, 0.4) is 0 Å². The van der Waals surface area contributed by atoms with Crippen LogP contribution in [-0.4, -0.2) is 32.5 Å². The lowest BCUT2D eigenvalue weighted by atomic mass is 9.73. The molecule has 1 unspecified atom stereocenters. The number of carbonyl (C=O) groups is 1. The summed E-state index contributed by atoms with van der Waals surface area (Å²) in [5.74, 6) is 0.608. The molecule has 14 heavy (non-hydrogen) atoms. The Morgan fingerprint density at radius 1 is 1.43 bits per heavy atom. The summed E-state index contributed by atoms with van der Waals surface area (Å²) in [5.41, 5.74) is 0.0949. The van der Waals surface area contributed by atoms with Gasteiger partial charge in [-0.15, -0.1) is 0 Å². The first-order chi connectivity index (χ1) is 6.71. The van der Waals surface area contributed by atoms with Crippen LogP contribution in [0.2, 0.25) is 0 Å². The Morgan fingerprint density at radius 3 is 2.71 bits per heavy atom. The first-order valence-electron chi connectivity index (χ1n) is 5.19. The summed E-state index contributed by atoms with van der Waals surface area (Å²) >= 11 is 0. The Hall–Kier alpha value is -0.770. The van der Waals surface area contributed by atoms with Gasteiger partial charge in [-0.05, 0) is 18.8 Å². The Labute approximate surface area is 84.0 Å². The SMILES string of the molecule is CC1(C2CCOCC2)CNC(=O)OC1. The average Bonchev–Trinajstić information content (AvgIpc) is 2.24. The maximum atomic E-state index is 10.9. The quantitative estimate of drug-likeness (QED) is 0.689. The van der Waals surface area contributed by atoms with E-state index in [9.17, 15) is 4.79 Å². The van der Waals surface area contributed by atoms with Crippen molar-refractivity contribution in [2.75, 3.05) is 26.4 Å². The third kappa shape index (κ3) is 1.85. The highest BCUT2D eigenvalue weighted by molar-refractivity contribution is 5.68. The Balaban J connectivity index is 1.96. The second-order valence-electron chi connectivity index (χ2n) is 4.47. The number of rotatable bonds is 1. The van der Waals surface area contributed by atoms with Crippen LogP contribution in [0.4, 0.5) is 4.79 Å². The van der Waals surface area contributed by atoms with Crippen molar-refractivity contribution in [3.63, 3.8) is 0 Å². The molecule has 2 heterocycles. The summed E-state index contributed by atoms with van der Waals surface area (Å²) in [7, 11) is 0. The molecule has 0 saturated carbocycles. The Kier molecular flexibility index (Phi) is 2.63. The fourth-order valence-electron chi connectivity index (χ4n) is 2.26. The van der Waals surface area contributed by atoms with E-state index in [0.717, 1.165) is 32.6 Å². The van der Waals surface area contributed by atoms with Crippen molar-refractivity contribution < 1.29 is 14.3 Å². The molecule has 2 aliphatic heterocycles. The van der Waals surface area contributed by atoms with Gasteiger partial charge in [0.15, 0.2) is 0 Å². The maximum absolute atomic E-state index is 10.9. The Bertz CT molecular complexity index is 213. The van der Waals surface area contributed by atoms with Crippen molar-refractivity contribution in [2.24, 2.45) is 11.3 Å². The molecule has 1 amide bonds. The van der Waals surface area contributed by atoms with Gasteiger partial charge in [0.2, 0.25) is 0 Å². The molecule has 1 atom stereocenters. The molecule has 0 bridgehead atoms. The zero-order valence-electron chi connectivity index (χ0n) is 8.54. The fraction of sp³-hybridized carbons (Fsp3) is 0.900. The van der Waals surface area contributed by atoms with Crippen molar-refractivity contribution in [1.82, 2.24) is 5.32 Å². The van der Waals surface area contributed by atoms with Crippen molar-refractivity contribution in [1.29, 1.82) is 0 Å². The molecule has 0 aromatic heterocycles. The number of alkyl carbamates (subject to hydrolysis) is 1. The minimum atomic E-state index is -0.283. The molecule has 0 spiro atoms. The van der Waals surface area contributed by atoms with E-state index in [2.05, 4.69) is 12.2 Å². The van der Waals surface area contributed by atoms with Crippen molar-refractivity contribution >= 4 is 6.09 Å². The summed E-state index contributed by atoms with van der Waals surface area (Å²) in [4.78, 5) is 10.9. The molecule has 0 aliphatic carbocycles. The van der Waals surface area contributed by atoms with E-state index in [1.807, 2.05) is 0 Å². The largest absolute Gasteiger partial charge is 0.449 e. The predicted octanol–water partition coefficient (Wildman–Crippen LogP) is 1.16. The molecular weight excluding hydrogens is 182 g/mol. The standard InChI is InChI=1S/C10H17NO3/c1-10(6-11-9(12)14-7-10)8-2-4-13-5-3-8/h8H,2-7H2,1H3,(H,11,12). The lowest BCUT2D eigenvalue weighted by Gasteiger charge is -2.41. The summed E-state index contributed by atoms with van der Waals surface area (Å²) in [6.45, 7) is 5.14. The molecule has 2 rings (SSSR count). The molecular formula is C10H17NO3. The normalized spacial score (nSPS) is 34.8. The molecule has 1 N–H and O–H groups in total. The van der Waals surface area contributed by atoms with Crippen molar-refractivity contribution in [3.8, 4) is 0 Å². The molecule has 0 aromatic carbocycles. The highest BCUT2D eigenvalue weighted by Gasteiger charge is 2.39. The van der Waals surface area contributed by atoms with Gasteiger partial charge in [0, 0.05) is 25.2 Å². The van der Waals surface area contributed by atoms with Gasteiger partial charge < -0.3 is 14.8 Å². The first-order valence-corrected chi connectivity index (χ1v) is 5.19. The molecule has 2 saturated heterocycles. The topological polar surface area (TPSA) is 47.6 Å². The van der Waals surface area contributed by atoms with Crippen molar-refractivity contribution in [2.45, 2.75) is 19.8 Å². The van der Waals surface area contributed by atoms with E-state index in [0.29, 0.717) is 12.5 Å². The van der Waals surface area contributed by atoms with Gasteiger partial charge >= 0.3 is 6.09 Å². The second kappa shape index (κ2) is 3.77. The van der Waals surface area contributed by atoms with Crippen LogP contribution >= 0.6 is 0 Å². The van der Waals surface area contributed by atoms with E-state index in [1.165, 1.54) is 0 Å². The number of ether oxygens (including phenoxy) is 2. The molecule has 80 valence electrons. The summed E-state index contributed by atoms with van der Waals surface area (Å²) in [5, 5.41) is 2.77. The van der Waals surface area contributed by atoms with Crippen molar-refractivity contribution in [3.05, 3.63) is 0 Å². The first kappa shape index (κ1) is 9.77. The maximum Gasteiger partial charge on any atom is 0.407 e. The number of nitrogens with one attached hydrogen (secondary N) is 1. The lowest BCUT2D eigenvalue weighted by molar-refractivity contribution is -0.0270. The number of hydrogen-bond acceptors (Lipinski definition) is 3. The van der Waals surface area contributed by atoms with Crippen LogP contribution in [0, 0.1) is 11.3 Å². The zero-order valence-corrected chi connectivity index (χ0v) is 8.54. The van der Waals surface area contributed by atoms with E-state index in [-0.39, 0.29) is 11.5 Å².